The number of carbonyl (C=O) groups excluding carboxylic acids is 2. The first kappa shape index (κ1) is 28.1. The Bertz CT molecular complexity index is 1240. The van der Waals surface area contributed by atoms with Gasteiger partial charge in [0.15, 0.2) is 5.84 Å². The van der Waals surface area contributed by atoms with E-state index in [9.17, 15) is 18.4 Å². The molecule has 0 saturated carbocycles. The first-order chi connectivity index (χ1) is 18.8. The average molecular weight is 541 g/mol. The Labute approximate surface area is 226 Å². The quantitative estimate of drug-likeness (QED) is 0.278. The zero-order valence-electron chi connectivity index (χ0n) is 22.2. The van der Waals surface area contributed by atoms with Gasteiger partial charge in [0, 0.05) is 38.8 Å². The van der Waals surface area contributed by atoms with Crippen LogP contribution in [0.2, 0.25) is 0 Å². The summed E-state index contributed by atoms with van der Waals surface area (Å²) in [5, 5.41) is 9.52. The smallest absolute Gasteiger partial charge is 0.278 e. The molecule has 0 aromatic heterocycles. The molecule has 2 aliphatic rings. The minimum absolute atomic E-state index is 0.0931. The second kappa shape index (κ2) is 12.8. The number of alkyl halides is 2. The number of nitrogens with two attached hydrogens (primary N) is 1. The van der Waals surface area contributed by atoms with E-state index >= 15 is 0 Å². The lowest BCUT2D eigenvalue weighted by molar-refractivity contribution is -0.145. The predicted molar refractivity (Wildman–Crippen MR) is 148 cm³/mol. The van der Waals surface area contributed by atoms with Crippen molar-refractivity contribution in [3.63, 3.8) is 0 Å². The Morgan fingerprint density at radius 1 is 1.10 bits per heavy atom. The van der Waals surface area contributed by atoms with Gasteiger partial charge in [-0.05, 0) is 35.9 Å². The van der Waals surface area contributed by atoms with Crippen molar-refractivity contribution >= 4 is 34.7 Å². The van der Waals surface area contributed by atoms with Crippen molar-refractivity contribution in [1.29, 1.82) is 0 Å². The molecule has 4 N–H and O–H groups in total. The summed E-state index contributed by atoms with van der Waals surface area (Å²) in [5.41, 5.74) is 9.65. The van der Waals surface area contributed by atoms with Gasteiger partial charge in [-0.2, -0.15) is 0 Å². The van der Waals surface area contributed by atoms with Crippen molar-refractivity contribution in [3.05, 3.63) is 59.2 Å². The monoisotopic (exact) mass is 540 g/mol. The largest absolute Gasteiger partial charge is 0.397 e. The van der Waals surface area contributed by atoms with Gasteiger partial charge in [0.1, 0.15) is 5.71 Å². The molecule has 0 atom stereocenters. The minimum Gasteiger partial charge on any atom is -0.397 e. The van der Waals surface area contributed by atoms with Gasteiger partial charge < -0.3 is 21.3 Å². The summed E-state index contributed by atoms with van der Waals surface area (Å²) in [4.78, 5) is 35.8. The second-order valence-corrected chi connectivity index (χ2v) is 9.39. The molecule has 0 fully saturated rings. The van der Waals surface area contributed by atoms with Crippen molar-refractivity contribution < 1.29 is 18.4 Å². The zero-order valence-corrected chi connectivity index (χ0v) is 22.2. The maximum atomic E-state index is 13.4. The van der Waals surface area contributed by atoms with Crippen LogP contribution in [-0.2, 0) is 22.7 Å². The average Bonchev–Trinajstić information content (AvgIpc) is 3.58. The van der Waals surface area contributed by atoms with E-state index in [4.69, 9.17) is 5.73 Å². The van der Waals surface area contributed by atoms with Crippen LogP contribution in [0.1, 0.15) is 23.6 Å². The number of hydrazine groups is 1. The molecule has 0 saturated heterocycles. The van der Waals surface area contributed by atoms with Gasteiger partial charge in [-0.1, -0.05) is 31.2 Å². The van der Waals surface area contributed by atoms with Gasteiger partial charge in [-0.3, -0.25) is 19.6 Å². The molecule has 0 aliphatic carbocycles. The summed E-state index contributed by atoms with van der Waals surface area (Å²) in [6.07, 6.45) is -2.67. The second-order valence-electron chi connectivity index (χ2n) is 9.39. The first-order valence-electron chi connectivity index (χ1n) is 12.9. The number of amides is 2. The Morgan fingerprint density at radius 3 is 2.44 bits per heavy atom. The summed E-state index contributed by atoms with van der Waals surface area (Å²) in [7, 11) is 1.71. The number of nitrogens with zero attached hydrogens (tertiary/aromatic N) is 5. The Kier molecular flexibility index (Phi) is 9.20. The van der Waals surface area contributed by atoms with Crippen LogP contribution in [0.15, 0.2) is 52.4 Å². The molecule has 10 nitrogen and oxygen atoms in total. The summed E-state index contributed by atoms with van der Waals surface area (Å²) >= 11 is 0. The number of amidine groups is 1. The van der Waals surface area contributed by atoms with Crippen LogP contribution in [0.5, 0.6) is 0 Å². The van der Waals surface area contributed by atoms with E-state index in [1.807, 2.05) is 36.2 Å². The van der Waals surface area contributed by atoms with Gasteiger partial charge in [-0.25, -0.2) is 18.8 Å². The number of likely N-dealkylation sites (N-methyl/N-ethyl adjacent to an activating group) is 2. The van der Waals surface area contributed by atoms with Crippen molar-refractivity contribution in [2.45, 2.75) is 26.4 Å². The molecule has 4 rings (SSSR count). The molecule has 0 bridgehead atoms. The fraction of sp³-hybridized carbons (Fsp3) is 0.407. The number of hydrogen-bond donors (Lipinski definition) is 3. The van der Waals surface area contributed by atoms with Gasteiger partial charge in [0.25, 0.3) is 12.3 Å². The summed E-state index contributed by atoms with van der Waals surface area (Å²) in [6, 6.07) is 12.9. The molecule has 0 radical (unpaired) electrons. The summed E-state index contributed by atoms with van der Waals surface area (Å²) < 4.78 is 26.0. The van der Waals surface area contributed by atoms with Gasteiger partial charge in [0.05, 0.1) is 31.0 Å². The highest BCUT2D eigenvalue weighted by atomic mass is 19.3. The molecule has 2 aromatic rings. The molecule has 39 heavy (non-hydrogen) atoms. The topological polar surface area (TPSA) is 119 Å². The maximum Gasteiger partial charge on any atom is 0.278 e. The van der Waals surface area contributed by atoms with E-state index in [-0.39, 0.29) is 48.7 Å². The highest BCUT2D eigenvalue weighted by molar-refractivity contribution is 6.13. The van der Waals surface area contributed by atoms with Crippen LogP contribution < -0.4 is 21.3 Å². The normalized spacial score (nSPS) is 14.7. The van der Waals surface area contributed by atoms with Crippen LogP contribution in [0.4, 0.5) is 20.2 Å². The highest BCUT2D eigenvalue weighted by Crippen LogP contribution is 2.27. The molecular weight excluding hydrogens is 506 g/mol. The van der Waals surface area contributed by atoms with Gasteiger partial charge in [0.2, 0.25) is 5.91 Å². The van der Waals surface area contributed by atoms with Crippen LogP contribution >= 0.6 is 0 Å². The van der Waals surface area contributed by atoms with Crippen molar-refractivity contribution in [2.24, 2.45) is 9.98 Å². The number of halogens is 2. The predicted octanol–water partition coefficient (Wildman–Crippen LogP) is 1.66. The Morgan fingerprint density at radius 2 is 1.82 bits per heavy atom. The van der Waals surface area contributed by atoms with E-state index in [1.165, 1.54) is 11.1 Å². The molecule has 2 aliphatic heterocycles. The van der Waals surface area contributed by atoms with Crippen molar-refractivity contribution in [1.82, 2.24) is 20.7 Å². The van der Waals surface area contributed by atoms with Crippen LogP contribution in [0, 0.1) is 0 Å². The SMILES string of the molecule is CCNCCNC(=O)CN(CC(=O)N(C)N1Cc2ccccc2C1)c1ccc(C2=NCC(C(F)F)=N2)cc1N. The maximum absolute atomic E-state index is 13.4. The molecule has 0 unspecified atom stereocenters. The van der Waals surface area contributed by atoms with E-state index in [0.717, 1.165) is 6.54 Å². The standard InChI is InChI=1S/C27H34F2N8O2/c1-3-31-10-11-32-24(38)16-36(17-25(39)35(2)37-14-19-6-4-5-7-20(19)15-37)23-9-8-18(12-21(23)30)27-33-13-22(34-27)26(28)29/h4-9,12,26,31H,3,10-11,13-17,30H2,1-2H3,(H,32,38). The summed E-state index contributed by atoms with van der Waals surface area (Å²) in [5.74, 6) is -0.287. The number of anilines is 2. The fourth-order valence-corrected chi connectivity index (χ4v) is 4.49. The third kappa shape index (κ3) is 6.95. The number of aliphatic imine (C=N–C) groups is 2. The van der Waals surface area contributed by atoms with Crippen LogP contribution in [0.3, 0.4) is 0 Å². The third-order valence-corrected chi connectivity index (χ3v) is 6.66. The Balaban J connectivity index is 1.50. The highest BCUT2D eigenvalue weighted by Gasteiger charge is 2.27. The number of hydrogen-bond acceptors (Lipinski definition) is 8. The number of fused-ring (bicyclic) bond motifs is 1. The lowest BCUT2D eigenvalue weighted by Crippen LogP contribution is -2.48. The molecule has 12 heteroatoms. The lowest BCUT2D eigenvalue weighted by atomic mass is 10.1. The third-order valence-electron chi connectivity index (χ3n) is 6.66. The van der Waals surface area contributed by atoms with Gasteiger partial charge in [-0.15, -0.1) is 0 Å². The van der Waals surface area contributed by atoms with E-state index in [2.05, 4.69) is 20.6 Å². The Hall–Kier alpha value is -3.90. The number of nitrogen functional groups attached to an aromatic ring is 1. The molecule has 208 valence electrons. The molecule has 2 aromatic carbocycles. The molecule has 2 amide bonds. The number of nitrogens with one attached hydrogen (secondary N) is 2. The van der Waals surface area contributed by atoms with E-state index < -0.39 is 6.43 Å². The molecular formula is C27H34F2N8O2. The molecule has 2 heterocycles. The van der Waals surface area contributed by atoms with Crippen LogP contribution in [-0.4, -0.2) is 86.1 Å². The van der Waals surface area contributed by atoms with E-state index in [1.54, 1.807) is 35.2 Å². The fourth-order valence-electron chi connectivity index (χ4n) is 4.49. The number of benzene rings is 2. The van der Waals surface area contributed by atoms with Crippen LogP contribution in [0.25, 0.3) is 0 Å². The van der Waals surface area contributed by atoms with E-state index in [0.29, 0.717) is 37.4 Å². The number of rotatable bonds is 12. The van der Waals surface area contributed by atoms with Gasteiger partial charge >= 0.3 is 0 Å². The minimum atomic E-state index is -2.67. The molecule has 0 spiro atoms. The summed E-state index contributed by atoms with van der Waals surface area (Å²) in [6.45, 7) is 4.72. The zero-order chi connectivity index (χ0) is 27.9. The lowest BCUT2D eigenvalue weighted by Gasteiger charge is -2.31. The van der Waals surface area contributed by atoms with Crippen molar-refractivity contribution in [2.75, 3.05) is 56.9 Å². The van der Waals surface area contributed by atoms with Crippen molar-refractivity contribution in [3.8, 4) is 0 Å². The first-order valence-corrected chi connectivity index (χ1v) is 12.9. The number of carbonyl (C=O) groups is 2.